The lowest BCUT2D eigenvalue weighted by Gasteiger charge is -2.03. The van der Waals surface area contributed by atoms with Crippen LogP contribution in [0.25, 0.3) is 0 Å². The Morgan fingerprint density at radius 2 is 2.47 bits per heavy atom. The van der Waals surface area contributed by atoms with E-state index in [0.29, 0.717) is 0 Å². The van der Waals surface area contributed by atoms with E-state index in [2.05, 4.69) is 10.3 Å². The highest BCUT2D eigenvalue weighted by molar-refractivity contribution is 5.67. The number of carboxylic acids is 1. The lowest BCUT2D eigenvalue weighted by atomic mass is 10.4. The van der Waals surface area contributed by atoms with Crippen molar-refractivity contribution < 1.29 is 14.8 Å². The van der Waals surface area contributed by atoms with Crippen LogP contribution >= 0.6 is 0 Å². The number of aromatic nitrogens is 2. The normalized spacial score (nSPS) is 9.93. The molecule has 0 aliphatic heterocycles. The van der Waals surface area contributed by atoms with Gasteiger partial charge in [-0.3, -0.25) is 9.36 Å². The third kappa shape index (κ3) is 2.66. The van der Waals surface area contributed by atoms with Crippen molar-refractivity contribution in [1.29, 1.82) is 0 Å². The molecule has 0 fully saturated rings. The third-order valence-corrected chi connectivity index (χ3v) is 1.72. The third-order valence-electron chi connectivity index (χ3n) is 1.72. The molecule has 0 bridgehead atoms. The second-order valence-corrected chi connectivity index (χ2v) is 2.86. The molecule has 8 heteroatoms. The smallest absolute Gasteiger partial charge is 0.406 e. The van der Waals surface area contributed by atoms with Crippen molar-refractivity contribution in [3.63, 3.8) is 0 Å². The van der Waals surface area contributed by atoms with Gasteiger partial charge in [0, 0.05) is 13.6 Å². The molecular formula is C7H10N4O4. The zero-order chi connectivity index (χ0) is 11.4. The average molecular weight is 214 g/mol. The second kappa shape index (κ2) is 4.40. The summed E-state index contributed by atoms with van der Waals surface area (Å²) in [6.45, 7) is 0.121. The molecule has 1 aromatic heterocycles. The molecule has 1 heterocycles. The molecule has 0 saturated heterocycles. The fourth-order valence-electron chi connectivity index (χ4n) is 1.04. The molecule has 0 amide bonds. The number of aryl methyl sites for hydroxylation is 1. The molecule has 0 aromatic carbocycles. The van der Waals surface area contributed by atoms with Crippen molar-refractivity contribution in [1.82, 2.24) is 9.55 Å². The van der Waals surface area contributed by atoms with Gasteiger partial charge in [-0.2, -0.15) is 0 Å². The van der Waals surface area contributed by atoms with Crippen LogP contribution < -0.4 is 5.32 Å². The van der Waals surface area contributed by atoms with Crippen LogP contribution in [0.5, 0.6) is 0 Å². The SMILES string of the molecule is Cn1cnc([N+](=O)[O-])c1NCCC(=O)O. The van der Waals surface area contributed by atoms with Gasteiger partial charge in [-0.05, 0) is 9.91 Å². The van der Waals surface area contributed by atoms with Gasteiger partial charge in [-0.1, -0.05) is 0 Å². The number of hydrogen-bond acceptors (Lipinski definition) is 5. The average Bonchev–Trinajstić information content (AvgIpc) is 2.47. The van der Waals surface area contributed by atoms with Crippen LogP contribution in [0.1, 0.15) is 6.42 Å². The molecule has 0 atom stereocenters. The largest absolute Gasteiger partial charge is 0.481 e. The van der Waals surface area contributed by atoms with Crippen molar-refractivity contribution in [2.75, 3.05) is 11.9 Å². The van der Waals surface area contributed by atoms with E-state index in [1.807, 2.05) is 0 Å². The summed E-state index contributed by atoms with van der Waals surface area (Å²) in [6.07, 6.45) is 1.18. The van der Waals surface area contributed by atoms with Crippen LogP contribution in [0.2, 0.25) is 0 Å². The van der Waals surface area contributed by atoms with Gasteiger partial charge in [0.05, 0.1) is 6.42 Å². The highest BCUT2D eigenvalue weighted by Gasteiger charge is 2.19. The first kappa shape index (κ1) is 11.0. The summed E-state index contributed by atoms with van der Waals surface area (Å²) < 4.78 is 1.43. The molecule has 0 unspecified atom stereocenters. The number of hydrogen-bond donors (Lipinski definition) is 2. The van der Waals surface area contributed by atoms with Gasteiger partial charge >= 0.3 is 11.8 Å². The van der Waals surface area contributed by atoms with E-state index in [1.165, 1.54) is 10.9 Å². The molecule has 0 saturated carbocycles. The van der Waals surface area contributed by atoms with Crippen molar-refractivity contribution in [3.8, 4) is 0 Å². The fraction of sp³-hybridized carbons (Fsp3) is 0.429. The zero-order valence-corrected chi connectivity index (χ0v) is 8.01. The number of aliphatic carboxylic acids is 1. The first-order valence-corrected chi connectivity index (χ1v) is 4.13. The Balaban J connectivity index is 2.70. The number of rotatable bonds is 5. The zero-order valence-electron chi connectivity index (χ0n) is 8.01. The highest BCUT2D eigenvalue weighted by Crippen LogP contribution is 2.20. The first-order valence-electron chi connectivity index (χ1n) is 4.13. The Labute approximate surface area is 84.7 Å². The maximum Gasteiger partial charge on any atom is 0.406 e. The molecule has 1 aromatic rings. The Bertz CT molecular complexity index is 386. The maximum absolute atomic E-state index is 10.5. The number of nitro groups is 1. The fourth-order valence-corrected chi connectivity index (χ4v) is 1.04. The minimum atomic E-state index is -0.965. The molecule has 0 aliphatic carbocycles. The van der Waals surface area contributed by atoms with Gasteiger partial charge in [0.25, 0.3) is 0 Å². The monoisotopic (exact) mass is 214 g/mol. The molecular weight excluding hydrogens is 204 g/mol. The van der Waals surface area contributed by atoms with Crippen molar-refractivity contribution in [3.05, 3.63) is 16.4 Å². The molecule has 0 spiro atoms. The Hall–Kier alpha value is -2.12. The molecule has 0 radical (unpaired) electrons. The minimum absolute atomic E-state index is 0.109. The summed E-state index contributed by atoms with van der Waals surface area (Å²) in [6, 6.07) is 0. The van der Waals surface area contributed by atoms with Gasteiger partial charge in [-0.15, -0.1) is 0 Å². The number of nitrogens with zero attached hydrogens (tertiary/aromatic N) is 3. The van der Waals surface area contributed by atoms with Gasteiger partial charge in [0.15, 0.2) is 0 Å². The van der Waals surface area contributed by atoms with E-state index in [4.69, 9.17) is 5.11 Å². The summed E-state index contributed by atoms with van der Waals surface area (Å²) in [5, 5.41) is 21.6. The number of anilines is 1. The van der Waals surface area contributed by atoms with Crippen LogP contribution in [0.15, 0.2) is 6.33 Å². The summed E-state index contributed by atoms with van der Waals surface area (Å²) in [7, 11) is 1.59. The Morgan fingerprint density at radius 3 is 3.00 bits per heavy atom. The predicted molar refractivity (Wildman–Crippen MR) is 50.6 cm³/mol. The number of carboxylic acid groups (broad SMARTS) is 1. The number of nitrogens with one attached hydrogen (secondary N) is 1. The molecule has 82 valence electrons. The van der Waals surface area contributed by atoms with E-state index >= 15 is 0 Å². The number of imidazole rings is 1. The van der Waals surface area contributed by atoms with Crippen molar-refractivity contribution >= 4 is 17.6 Å². The topological polar surface area (TPSA) is 110 Å². The van der Waals surface area contributed by atoms with Crippen LogP contribution in [0.3, 0.4) is 0 Å². The minimum Gasteiger partial charge on any atom is -0.481 e. The lowest BCUT2D eigenvalue weighted by Crippen LogP contribution is -2.10. The van der Waals surface area contributed by atoms with E-state index in [-0.39, 0.29) is 24.6 Å². The highest BCUT2D eigenvalue weighted by atomic mass is 16.6. The van der Waals surface area contributed by atoms with Gasteiger partial charge in [0.1, 0.15) is 0 Å². The number of carbonyl (C=O) groups is 1. The molecule has 15 heavy (non-hydrogen) atoms. The first-order chi connectivity index (χ1) is 7.02. The van der Waals surface area contributed by atoms with Crippen LogP contribution in [0, 0.1) is 10.1 Å². The van der Waals surface area contributed by atoms with Crippen molar-refractivity contribution in [2.45, 2.75) is 6.42 Å². The molecule has 2 N–H and O–H groups in total. The summed E-state index contributed by atoms with van der Waals surface area (Å²) >= 11 is 0. The van der Waals surface area contributed by atoms with Crippen molar-refractivity contribution in [2.24, 2.45) is 7.05 Å². The summed E-state index contributed by atoms with van der Waals surface area (Å²) in [5.41, 5.74) is 0. The van der Waals surface area contributed by atoms with Crippen LogP contribution in [-0.2, 0) is 11.8 Å². The Kier molecular flexibility index (Phi) is 3.21. The molecule has 0 aliphatic rings. The van der Waals surface area contributed by atoms with Gasteiger partial charge in [0.2, 0.25) is 12.1 Å². The van der Waals surface area contributed by atoms with E-state index in [9.17, 15) is 14.9 Å². The second-order valence-electron chi connectivity index (χ2n) is 2.86. The van der Waals surface area contributed by atoms with Gasteiger partial charge in [-0.25, -0.2) is 0 Å². The van der Waals surface area contributed by atoms with Crippen LogP contribution in [-0.4, -0.2) is 32.1 Å². The van der Waals surface area contributed by atoms with Gasteiger partial charge < -0.3 is 20.5 Å². The quantitative estimate of drug-likeness (QED) is 0.535. The van der Waals surface area contributed by atoms with E-state index in [1.54, 1.807) is 7.05 Å². The molecule has 8 nitrogen and oxygen atoms in total. The Morgan fingerprint density at radius 1 is 1.80 bits per heavy atom. The summed E-state index contributed by atoms with van der Waals surface area (Å²) in [5.74, 6) is -1.06. The predicted octanol–water partition coefficient (Wildman–Crippen LogP) is 0.215. The standard InChI is InChI=1S/C7H10N4O4/c1-10-4-9-7(11(14)15)6(10)8-3-2-5(12)13/h4,8H,2-3H2,1H3,(H,12,13). The molecule has 1 rings (SSSR count). The maximum atomic E-state index is 10.5. The summed E-state index contributed by atoms with van der Waals surface area (Å²) in [4.78, 5) is 23.7. The van der Waals surface area contributed by atoms with E-state index < -0.39 is 10.9 Å². The lowest BCUT2D eigenvalue weighted by molar-refractivity contribution is -0.388. The van der Waals surface area contributed by atoms with Crippen LogP contribution in [0.4, 0.5) is 11.6 Å². The van der Waals surface area contributed by atoms with E-state index in [0.717, 1.165) is 0 Å².